The highest BCUT2D eigenvalue weighted by atomic mass is 19.4. The molecule has 0 unspecified atom stereocenters. The monoisotopic (exact) mass is 548 g/mol. The first-order valence-corrected chi connectivity index (χ1v) is 10.9. The SMILES string of the molecule is C[C@H]1[C@@H](c2cc(C(F)(F)F)cc(C(F)(F)F)c2)OC(=O)N1Cc1cc(C(F)(F)F)ccc1-c1ccccn1. The molecule has 2 aromatic carbocycles. The average molecular weight is 548 g/mol. The molecule has 4 nitrogen and oxygen atoms in total. The first-order valence-electron chi connectivity index (χ1n) is 10.9. The maximum Gasteiger partial charge on any atom is 0.416 e. The molecule has 0 bridgehead atoms. The van der Waals surface area contributed by atoms with Crippen LogP contribution < -0.4 is 0 Å². The number of aromatic nitrogens is 1. The molecule has 2 atom stereocenters. The quantitative estimate of drug-likeness (QED) is 0.312. The van der Waals surface area contributed by atoms with Crippen molar-refractivity contribution in [1.82, 2.24) is 9.88 Å². The lowest BCUT2D eigenvalue weighted by atomic mass is 9.96. The lowest BCUT2D eigenvalue weighted by Crippen LogP contribution is -2.32. The number of benzene rings is 2. The maximum atomic E-state index is 13.4. The predicted molar refractivity (Wildman–Crippen MR) is 115 cm³/mol. The molecule has 0 aliphatic carbocycles. The third kappa shape index (κ3) is 5.55. The van der Waals surface area contributed by atoms with Gasteiger partial charge in [-0.15, -0.1) is 0 Å². The van der Waals surface area contributed by atoms with Crippen LogP contribution in [0, 0.1) is 0 Å². The Hall–Kier alpha value is -3.77. The van der Waals surface area contributed by atoms with E-state index in [4.69, 9.17) is 4.74 Å². The number of alkyl halides is 9. The molecular weight excluding hydrogens is 531 g/mol. The Bertz CT molecular complexity index is 1300. The third-order valence-corrected chi connectivity index (χ3v) is 6.04. The summed E-state index contributed by atoms with van der Waals surface area (Å²) >= 11 is 0. The summed E-state index contributed by atoms with van der Waals surface area (Å²) < 4.78 is 125. The topological polar surface area (TPSA) is 42.4 Å². The number of cyclic esters (lactones) is 1. The normalized spacial score (nSPS) is 18.6. The van der Waals surface area contributed by atoms with Gasteiger partial charge in [-0.05, 0) is 60.5 Å². The van der Waals surface area contributed by atoms with Gasteiger partial charge < -0.3 is 4.74 Å². The van der Waals surface area contributed by atoms with E-state index in [1.165, 1.54) is 25.3 Å². The van der Waals surface area contributed by atoms with Crippen molar-refractivity contribution in [2.24, 2.45) is 0 Å². The zero-order chi connectivity index (χ0) is 28.0. The molecule has 1 aliphatic rings. The van der Waals surface area contributed by atoms with Gasteiger partial charge in [0, 0.05) is 11.8 Å². The highest BCUT2D eigenvalue weighted by molar-refractivity contribution is 5.72. The van der Waals surface area contributed by atoms with Gasteiger partial charge in [0.2, 0.25) is 0 Å². The van der Waals surface area contributed by atoms with Crippen molar-refractivity contribution in [3.8, 4) is 11.3 Å². The molecule has 2 heterocycles. The maximum absolute atomic E-state index is 13.4. The van der Waals surface area contributed by atoms with E-state index in [2.05, 4.69) is 4.98 Å². The fourth-order valence-electron chi connectivity index (χ4n) is 4.16. The van der Waals surface area contributed by atoms with E-state index >= 15 is 0 Å². The Balaban J connectivity index is 1.73. The highest BCUT2D eigenvalue weighted by Crippen LogP contribution is 2.42. The van der Waals surface area contributed by atoms with Crippen LogP contribution in [0.25, 0.3) is 11.3 Å². The second-order valence-corrected chi connectivity index (χ2v) is 8.60. The van der Waals surface area contributed by atoms with Crippen LogP contribution in [0.4, 0.5) is 44.3 Å². The first-order chi connectivity index (χ1) is 17.6. The lowest BCUT2D eigenvalue weighted by molar-refractivity contribution is -0.143. The van der Waals surface area contributed by atoms with Crippen molar-refractivity contribution in [2.75, 3.05) is 0 Å². The van der Waals surface area contributed by atoms with Crippen LogP contribution in [0.2, 0.25) is 0 Å². The van der Waals surface area contributed by atoms with Crippen LogP contribution >= 0.6 is 0 Å². The molecule has 0 N–H and O–H groups in total. The molecule has 1 aliphatic heterocycles. The third-order valence-electron chi connectivity index (χ3n) is 6.04. The standard InChI is InChI=1S/C25H17F9N2O2/c1-13-21(14-8-17(24(29,30)31)11-18(9-14)25(32,33)34)38-22(37)36(13)12-15-10-16(23(26,27)28)5-6-19(15)20-4-2-3-7-35-20/h2-11,13,21H,12H2,1H3/t13-,21-/m0/s1. The van der Waals surface area contributed by atoms with Crippen LogP contribution in [-0.2, 0) is 29.8 Å². The van der Waals surface area contributed by atoms with E-state index in [1.807, 2.05) is 0 Å². The Labute approximate surface area is 209 Å². The van der Waals surface area contributed by atoms with E-state index in [-0.39, 0.29) is 17.2 Å². The molecule has 3 aromatic rings. The summed E-state index contributed by atoms with van der Waals surface area (Å²) in [4.78, 5) is 17.7. The predicted octanol–water partition coefficient (Wildman–Crippen LogP) is 7.89. The number of hydrogen-bond donors (Lipinski definition) is 0. The molecule has 0 saturated carbocycles. The number of nitrogens with zero attached hydrogens (tertiary/aromatic N) is 2. The molecule has 1 aromatic heterocycles. The molecule has 13 heteroatoms. The number of pyridine rings is 1. The Morgan fingerprint density at radius 2 is 1.42 bits per heavy atom. The fraction of sp³-hybridized carbons (Fsp3) is 0.280. The number of amides is 1. The van der Waals surface area contributed by atoms with Crippen molar-refractivity contribution in [3.63, 3.8) is 0 Å². The second-order valence-electron chi connectivity index (χ2n) is 8.60. The van der Waals surface area contributed by atoms with Gasteiger partial charge in [0.05, 0.1) is 35.0 Å². The van der Waals surface area contributed by atoms with Gasteiger partial charge in [0.15, 0.2) is 0 Å². The number of hydrogen-bond acceptors (Lipinski definition) is 3. The van der Waals surface area contributed by atoms with Gasteiger partial charge in [-0.25, -0.2) is 4.79 Å². The number of ether oxygens (including phenoxy) is 1. The smallest absolute Gasteiger partial charge is 0.416 e. The van der Waals surface area contributed by atoms with Crippen molar-refractivity contribution < 1.29 is 49.0 Å². The van der Waals surface area contributed by atoms with Crippen LogP contribution in [0.15, 0.2) is 60.8 Å². The zero-order valence-corrected chi connectivity index (χ0v) is 19.2. The summed E-state index contributed by atoms with van der Waals surface area (Å²) in [6, 6.07) is 7.26. The molecular formula is C25H17F9N2O2. The van der Waals surface area contributed by atoms with E-state index in [1.54, 1.807) is 12.1 Å². The van der Waals surface area contributed by atoms with Crippen LogP contribution in [0.5, 0.6) is 0 Å². The zero-order valence-electron chi connectivity index (χ0n) is 19.2. The molecule has 38 heavy (non-hydrogen) atoms. The van der Waals surface area contributed by atoms with Crippen LogP contribution in [0.1, 0.15) is 40.8 Å². The molecule has 0 radical (unpaired) electrons. The number of rotatable bonds is 4. The van der Waals surface area contributed by atoms with Gasteiger partial charge in [-0.1, -0.05) is 12.1 Å². The summed E-state index contributed by atoms with van der Waals surface area (Å²) in [6.45, 7) is 0.842. The number of carbonyl (C=O) groups is 1. The summed E-state index contributed by atoms with van der Waals surface area (Å²) in [6.07, 6.45) is -16.2. The molecule has 1 amide bonds. The van der Waals surface area contributed by atoms with E-state index in [9.17, 15) is 44.3 Å². The van der Waals surface area contributed by atoms with Gasteiger partial charge >= 0.3 is 24.6 Å². The summed E-state index contributed by atoms with van der Waals surface area (Å²) in [5.41, 5.74) is -4.19. The average Bonchev–Trinajstić information content (AvgIpc) is 3.11. The van der Waals surface area contributed by atoms with E-state index in [0.29, 0.717) is 17.8 Å². The molecule has 1 saturated heterocycles. The largest absolute Gasteiger partial charge is 0.439 e. The minimum Gasteiger partial charge on any atom is -0.439 e. The lowest BCUT2D eigenvalue weighted by Gasteiger charge is -2.24. The van der Waals surface area contributed by atoms with Crippen molar-refractivity contribution in [1.29, 1.82) is 0 Å². The minimum atomic E-state index is -5.11. The molecule has 1 fully saturated rings. The Morgan fingerprint density at radius 1 is 0.816 bits per heavy atom. The van der Waals surface area contributed by atoms with Gasteiger partial charge in [0.1, 0.15) is 6.10 Å². The molecule has 202 valence electrons. The van der Waals surface area contributed by atoms with Gasteiger partial charge in [-0.2, -0.15) is 39.5 Å². The Kier molecular flexibility index (Phi) is 6.83. The molecule has 0 spiro atoms. The van der Waals surface area contributed by atoms with Crippen molar-refractivity contribution >= 4 is 6.09 Å². The molecule has 4 rings (SSSR count). The highest BCUT2D eigenvalue weighted by Gasteiger charge is 2.43. The summed E-state index contributed by atoms with van der Waals surface area (Å²) in [5.74, 6) is 0. The van der Waals surface area contributed by atoms with E-state index < -0.39 is 65.6 Å². The van der Waals surface area contributed by atoms with Crippen LogP contribution in [0.3, 0.4) is 0 Å². The number of carbonyl (C=O) groups excluding carboxylic acids is 1. The fourth-order valence-corrected chi connectivity index (χ4v) is 4.16. The van der Waals surface area contributed by atoms with E-state index in [0.717, 1.165) is 17.0 Å². The first kappa shape index (κ1) is 27.3. The number of halogens is 9. The van der Waals surface area contributed by atoms with Crippen LogP contribution in [-0.4, -0.2) is 22.0 Å². The van der Waals surface area contributed by atoms with Gasteiger partial charge in [-0.3, -0.25) is 9.88 Å². The summed E-state index contributed by atoms with van der Waals surface area (Å²) in [7, 11) is 0. The van der Waals surface area contributed by atoms with Crippen molar-refractivity contribution in [2.45, 2.75) is 44.1 Å². The summed E-state index contributed by atoms with van der Waals surface area (Å²) in [5, 5.41) is 0. The van der Waals surface area contributed by atoms with Gasteiger partial charge in [0.25, 0.3) is 0 Å². The Morgan fingerprint density at radius 3 is 1.95 bits per heavy atom. The second kappa shape index (κ2) is 9.52. The minimum absolute atomic E-state index is 0.00278. The van der Waals surface area contributed by atoms with Crippen molar-refractivity contribution in [3.05, 3.63) is 88.6 Å².